The van der Waals surface area contributed by atoms with Crippen molar-refractivity contribution in [3.05, 3.63) is 59.4 Å². The van der Waals surface area contributed by atoms with Crippen molar-refractivity contribution in [2.75, 3.05) is 0 Å². The number of hydrogen-bond donors (Lipinski definition) is 0. The van der Waals surface area contributed by atoms with Crippen molar-refractivity contribution >= 4 is 6.29 Å². The highest BCUT2D eigenvalue weighted by Gasteiger charge is 2.26. The highest BCUT2D eigenvalue weighted by atomic mass is 19.1. The molecule has 0 radical (unpaired) electrons. The van der Waals surface area contributed by atoms with Gasteiger partial charge >= 0.3 is 0 Å². The zero-order valence-electron chi connectivity index (χ0n) is 9.90. The number of halogens is 1. The van der Waals surface area contributed by atoms with Gasteiger partial charge in [-0.15, -0.1) is 0 Å². The molecule has 1 saturated carbocycles. The standard InChI is InChI=1S/C16H13FO/c17-14-6-4-12(5-7-14)15-8-1-11(10-18)9-16(15)13-2-3-13/h1,4-10,13H,2-3H2. The third kappa shape index (κ3) is 2.06. The van der Waals surface area contributed by atoms with Crippen molar-refractivity contribution in [3.63, 3.8) is 0 Å². The second-order valence-electron chi connectivity index (χ2n) is 4.75. The molecule has 0 bridgehead atoms. The van der Waals surface area contributed by atoms with Crippen LogP contribution in [0.25, 0.3) is 11.1 Å². The Morgan fingerprint density at radius 3 is 2.39 bits per heavy atom. The molecule has 0 heterocycles. The molecule has 0 aliphatic heterocycles. The van der Waals surface area contributed by atoms with E-state index in [0.717, 1.165) is 17.4 Å². The quantitative estimate of drug-likeness (QED) is 0.735. The minimum atomic E-state index is -0.226. The lowest BCUT2D eigenvalue weighted by atomic mass is 9.95. The molecular formula is C16H13FO. The molecule has 0 amide bonds. The van der Waals surface area contributed by atoms with Crippen LogP contribution in [0.4, 0.5) is 4.39 Å². The summed E-state index contributed by atoms with van der Waals surface area (Å²) in [4.78, 5) is 10.8. The Balaban J connectivity index is 2.10. The highest BCUT2D eigenvalue weighted by molar-refractivity contribution is 5.79. The number of hydrogen-bond acceptors (Lipinski definition) is 1. The summed E-state index contributed by atoms with van der Waals surface area (Å²) < 4.78 is 12.9. The highest BCUT2D eigenvalue weighted by Crippen LogP contribution is 2.44. The summed E-state index contributed by atoms with van der Waals surface area (Å²) in [7, 11) is 0. The van der Waals surface area contributed by atoms with Gasteiger partial charge in [-0.3, -0.25) is 4.79 Å². The normalized spacial score (nSPS) is 14.5. The Labute approximate surface area is 105 Å². The van der Waals surface area contributed by atoms with Crippen LogP contribution in [-0.4, -0.2) is 6.29 Å². The summed E-state index contributed by atoms with van der Waals surface area (Å²) in [5.74, 6) is 0.334. The number of aldehydes is 1. The van der Waals surface area contributed by atoms with Gasteiger partial charge in [0.2, 0.25) is 0 Å². The van der Waals surface area contributed by atoms with E-state index in [1.807, 2.05) is 18.2 Å². The molecule has 90 valence electrons. The van der Waals surface area contributed by atoms with E-state index in [0.29, 0.717) is 11.5 Å². The summed E-state index contributed by atoms with van der Waals surface area (Å²) >= 11 is 0. The fourth-order valence-electron chi connectivity index (χ4n) is 2.28. The molecule has 0 atom stereocenters. The smallest absolute Gasteiger partial charge is 0.150 e. The van der Waals surface area contributed by atoms with E-state index >= 15 is 0 Å². The minimum absolute atomic E-state index is 0.226. The van der Waals surface area contributed by atoms with Crippen LogP contribution in [0.5, 0.6) is 0 Å². The molecule has 2 aromatic rings. The van der Waals surface area contributed by atoms with Crippen LogP contribution >= 0.6 is 0 Å². The molecule has 2 heteroatoms. The fourth-order valence-corrected chi connectivity index (χ4v) is 2.28. The van der Waals surface area contributed by atoms with E-state index < -0.39 is 0 Å². The first-order valence-corrected chi connectivity index (χ1v) is 6.13. The lowest BCUT2D eigenvalue weighted by molar-refractivity contribution is 0.112. The maximum Gasteiger partial charge on any atom is 0.150 e. The van der Waals surface area contributed by atoms with Gasteiger partial charge in [0.1, 0.15) is 12.1 Å². The lowest BCUT2D eigenvalue weighted by Gasteiger charge is -2.09. The molecule has 1 fully saturated rings. The van der Waals surface area contributed by atoms with Crippen molar-refractivity contribution in [2.24, 2.45) is 0 Å². The van der Waals surface area contributed by atoms with Crippen LogP contribution in [0, 0.1) is 5.82 Å². The van der Waals surface area contributed by atoms with Crippen LogP contribution in [0.3, 0.4) is 0 Å². The van der Waals surface area contributed by atoms with Gasteiger partial charge in [0.15, 0.2) is 0 Å². The minimum Gasteiger partial charge on any atom is -0.298 e. The Morgan fingerprint density at radius 1 is 1.06 bits per heavy atom. The summed E-state index contributed by atoms with van der Waals surface area (Å²) in [6, 6.07) is 12.3. The first-order valence-electron chi connectivity index (χ1n) is 6.13. The summed E-state index contributed by atoms with van der Waals surface area (Å²) in [5, 5.41) is 0. The topological polar surface area (TPSA) is 17.1 Å². The number of carbonyl (C=O) groups is 1. The molecule has 0 aromatic heterocycles. The van der Waals surface area contributed by atoms with Gasteiger partial charge in [0.25, 0.3) is 0 Å². The van der Waals surface area contributed by atoms with Crippen LogP contribution in [0.2, 0.25) is 0 Å². The molecular weight excluding hydrogens is 227 g/mol. The predicted octanol–water partition coefficient (Wildman–Crippen LogP) is 4.18. The van der Waals surface area contributed by atoms with Gasteiger partial charge < -0.3 is 0 Å². The average Bonchev–Trinajstić information content (AvgIpc) is 3.23. The maximum absolute atomic E-state index is 12.9. The van der Waals surface area contributed by atoms with E-state index in [2.05, 4.69) is 0 Å². The molecule has 3 rings (SSSR count). The molecule has 2 aromatic carbocycles. The Hall–Kier alpha value is -1.96. The van der Waals surface area contributed by atoms with Crippen molar-refractivity contribution < 1.29 is 9.18 Å². The van der Waals surface area contributed by atoms with Crippen LogP contribution in [0.15, 0.2) is 42.5 Å². The molecule has 0 N–H and O–H groups in total. The Morgan fingerprint density at radius 2 is 1.78 bits per heavy atom. The SMILES string of the molecule is O=Cc1ccc(-c2ccc(F)cc2)c(C2CC2)c1. The largest absolute Gasteiger partial charge is 0.298 e. The second-order valence-corrected chi connectivity index (χ2v) is 4.75. The van der Waals surface area contributed by atoms with E-state index in [-0.39, 0.29) is 5.82 Å². The molecule has 18 heavy (non-hydrogen) atoms. The molecule has 1 aliphatic carbocycles. The van der Waals surface area contributed by atoms with Gasteiger partial charge in [0.05, 0.1) is 0 Å². The van der Waals surface area contributed by atoms with Gasteiger partial charge in [-0.2, -0.15) is 0 Å². The third-order valence-corrected chi connectivity index (χ3v) is 3.38. The molecule has 1 nitrogen and oxygen atoms in total. The van der Waals surface area contributed by atoms with E-state index in [4.69, 9.17) is 0 Å². The van der Waals surface area contributed by atoms with Crippen molar-refractivity contribution in [1.29, 1.82) is 0 Å². The van der Waals surface area contributed by atoms with E-state index in [1.165, 1.54) is 30.5 Å². The Bertz CT molecular complexity index is 583. The number of benzene rings is 2. The van der Waals surface area contributed by atoms with Gasteiger partial charge in [-0.05, 0) is 53.6 Å². The molecule has 0 unspecified atom stereocenters. The fraction of sp³-hybridized carbons (Fsp3) is 0.188. The average molecular weight is 240 g/mol. The zero-order valence-corrected chi connectivity index (χ0v) is 9.90. The monoisotopic (exact) mass is 240 g/mol. The van der Waals surface area contributed by atoms with Gasteiger partial charge in [-0.1, -0.05) is 24.3 Å². The molecule has 0 saturated heterocycles. The second kappa shape index (κ2) is 4.37. The zero-order chi connectivity index (χ0) is 12.5. The van der Waals surface area contributed by atoms with Crippen molar-refractivity contribution in [2.45, 2.75) is 18.8 Å². The van der Waals surface area contributed by atoms with Crippen LogP contribution in [0.1, 0.15) is 34.7 Å². The first kappa shape index (κ1) is 11.1. The summed E-state index contributed by atoms with van der Waals surface area (Å²) in [6.45, 7) is 0. The van der Waals surface area contributed by atoms with Gasteiger partial charge in [-0.25, -0.2) is 4.39 Å². The predicted molar refractivity (Wildman–Crippen MR) is 69.2 cm³/mol. The summed E-state index contributed by atoms with van der Waals surface area (Å²) in [5.41, 5.74) is 4.05. The molecule has 0 spiro atoms. The Kier molecular flexibility index (Phi) is 2.71. The summed E-state index contributed by atoms with van der Waals surface area (Å²) in [6.07, 6.45) is 3.23. The van der Waals surface area contributed by atoms with Crippen molar-refractivity contribution in [1.82, 2.24) is 0 Å². The maximum atomic E-state index is 12.9. The van der Waals surface area contributed by atoms with Crippen LogP contribution in [-0.2, 0) is 0 Å². The van der Waals surface area contributed by atoms with E-state index in [9.17, 15) is 9.18 Å². The van der Waals surface area contributed by atoms with E-state index in [1.54, 1.807) is 12.1 Å². The van der Waals surface area contributed by atoms with Gasteiger partial charge in [0, 0.05) is 5.56 Å². The van der Waals surface area contributed by atoms with Crippen molar-refractivity contribution in [3.8, 4) is 11.1 Å². The first-order chi connectivity index (χ1) is 8.78. The van der Waals surface area contributed by atoms with Crippen LogP contribution < -0.4 is 0 Å². The number of rotatable bonds is 3. The third-order valence-electron chi connectivity index (χ3n) is 3.38. The number of carbonyl (C=O) groups excluding carboxylic acids is 1. The molecule has 1 aliphatic rings. The lowest BCUT2D eigenvalue weighted by Crippen LogP contribution is -1.91.